The molecule has 3 atom stereocenters. The van der Waals surface area contributed by atoms with E-state index in [0.29, 0.717) is 25.0 Å². The molecule has 8 nitrogen and oxygen atoms in total. The molecule has 1 aromatic heterocycles. The number of methoxy groups -OCH3 is 1. The molecular formula is C15H17N3O5. The standard InChI is InChI=1S/C15H17N3O5/c1-16-14(20)10-3-7(4-11(17-10)15(21)22-2)13(19)18-12-8-5-23-6-9(8)12/h3-4,8-9,12H,5-6H2,1-2H3,(H,16,20)(H,18,19)/t8-,9+,12-. The van der Waals surface area contributed by atoms with Gasteiger partial charge in [0.2, 0.25) is 0 Å². The van der Waals surface area contributed by atoms with Gasteiger partial charge in [-0.2, -0.15) is 0 Å². The lowest BCUT2D eigenvalue weighted by molar-refractivity contribution is 0.0594. The third-order valence-electron chi connectivity index (χ3n) is 4.19. The smallest absolute Gasteiger partial charge is 0.356 e. The fourth-order valence-electron chi connectivity index (χ4n) is 2.80. The summed E-state index contributed by atoms with van der Waals surface area (Å²) in [6, 6.07) is 2.77. The van der Waals surface area contributed by atoms with Crippen LogP contribution in [0.15, 0.2) is 12.1 Å². The van der Waals surface area contributed by atoms with Crippen LogP contribution in [0.1, 0.15) is 31.3 Å². The van der Waals surface area contributed by atoms with Gasteiger partial charge in [0.15, 0.2) is 0 Å². The van der Waals surface area contributed by atoms with E-state index in [1.165, 1.54) is 26.3 Å². The molecule has 2 fully saturated rings. The van der Waals surface area contributed by atoms with E-state index in [9.17, 15) is 14.4 Å². The molecule has 1 saturated heterocycles. The van der Waals surface area contributed by atoms with Crippen LogP contribution in [0.3, 0.4) is 0 Å². The van der Waals surface area contributed by atoms with E-state index < -0.39 is 11.9 Å². The molecule has 1 aromatic rings. The van der Waals surface area contributed by atoms with Gasteiger partial charge in [-0.1, -0.05) is 0 Å². The number of hydrogen-bond acceptors (Lipinski definition) is 6. The van der Waals surface area contributed by atoms with Crippen molar-refractivity contribution in [3.8, 4) is 0 Å². The molecular weight excluding hydrogens is 302 g/mol. The van der Waals surface area contributed by atoms with Crippen LogP contribution in [0.4, 0.5) is 0 Å². The van der Waals surface area contributed by atoms with Gasteiger partial charge < -0.3 is 20.1 Å². The maximum absolute atomic E-state index is 12.4. The van der Waals surface area contributed by atoms with Crippen molar-refractivity contribution in [3.63, 3.8) is 0 Å². The van der Waals surface area contributed by atoms with Crippen molar-refractivity contribution >= 4 is 17.8 Å². The second-order valence-electron chi connectivity index (χ2n) is 5.56. The first kappa shape index (κ1) is 15.4. The fraction of sp³-hybridized carbons (Fsp3) is 0.467. The van der Waals surface area contributed by atoms with Crippen LogP contribution in [0, 0.1) is 11.8 Å². The molecule has 1 aliphatic carbocycles. The van der Waals surface area contributed by atoms with Crippen LogP contribution in [0.2, 0.25) is 0 Å². The first-order chi connectivity index (χ1) is 11.0. The van der Waals surface area contributed by atoms with E-state index in [2.05, 4.69) is 20.4 Å². The Bertz CT molecular complexity index is 631. The fourth-order valence-corrected chi connectivity index (χ4v) is 2.80. The van der Waals surface area contributed by atoms with Gasteiger partial charge in [-0.3, -0.25) is 9.59 Å². The Balaban J connectivity index is 1.83. The molecule has 2 heterocycles. The van der Waals surface area contributed by atoms with Gasteiger partial charge in [0.1, 0.15) is 11.4 Å². The summed E-state index contributed by atoms with van der Waals surface area (Å²) in [7, 11) is 2.65. The number of fused-ring (bicyclic) bond motifs is 1. The number of carbonyl (C=O) groups is 3. The van der Waals surface area contributed by atoms with Gasteiger partial charge >= 0.3 is 5.97 Å². The molecule has 0 aromatic carbocycles. The number of nitrogens with zero attached hydrogens (tertiary/aromatic N) is 1. The van der Waals surface area contributed by atoms with Gasteiger partial charge in [-0.15, -0.1) is 0 Å². The Morgan fingerprint density at radius 3 is 2.43 bits per heavy atom. The van der Waals surface area contributed by atoms with Crippen LogP contribution in [-0.2, 0) is 9.47 Å². The molecule has 1 saturated carbocycles. The summed E-state index contributed by atoms with van der Waals surface area (Å²) in [5, 5.41) is 5.33. The number of nitrogens with one attached hydrogen (secondary N) is 2. The van der Waals surface area contributed by atoms with E-state index in [-0.39, 0.29) is 28.9 Å². The summed E-state index contributed by atoms with van der Waals surface area (Å²) >= 11 is 0. The molecule has 2 amide bonds. The number of carbonyl (C=O) groups excluding carboxylic acids is 3. The second kappa shape index (κ2) is 5.96. The summed E-state index contributed by atoms with van der Waals surface area (Å²) in [6.07, 6.45) is 0. The minimum Gasteiger partial charge on any atom is -0.464 e. The third-order valence-corrected chi connectivity index (χ3v) is 4.19. The zero-order valence-electron chi connectivity index (χ0n) is 12.8. The van der Waals surface area contributed by atoms with Gasteiger partial charge in [0.05, 0.1) is 20.3 Å². The van der Waals surface area contributed by atoms with Crippen LogP contribution >= 0.6 is 0 Å². The highest BCUT2D eigenvalue weighted by atomic mass is 16.5. The van der Waals surface area contributed by atoms with Crippen molar-refractivity contribution in [2.24, 2.45) is 11.8 Å². The number of esters is 1. The number of ether oxygens (including phenoxy) is 2. The Kier molecular flexibility index (Phi) is 3.99. The van der Waals surface area contributed by atoms with Crippen molar-refractivity contribution in [3.05, 3.63) is 29.1 Å². The second-order valence-corrected chi connectivity index (χ2v) is 5.56. The average molecular weight is 319 g/mol. The van der Waals surface area contributed by atoms with Crippen molar-refractivity contribution in [1.29, 1.82) is 0 Å². The number of aromatic nitrogens is 1. The van der Waals surface area contributed by atoms with E-state index in [0.717, 1.165) is 0 Å². The van der Waals surface area contributed by atoms with E-state index >= 15 is 0 Å². The Morgan fingerprint density at radius 2 is 1.83 bits per heavy atom. The minimum atomic E-state index is -0.707. The van der Waals surface area contributed by atoms with Crippen LogP contribution in [-0.4, -0.2) is 56.2 Å². The number of hydrogen-bond donors (Lipinski definition) is 2. The molecule has 2 aliphatic rings. The lowest BCUT2D eigenvalue weighted by Crippen LogP contribution is -2.31. The Hall–Kier alpha value is -2.48. The Morgan fingerprint density at radius 1 is 1.17 bits per heavy atom. The maximum atomic E-state index is 12.4. The predicted molar refractivity (Wildman–Crippen MR) is 78.0 cm³/mol. The molecule has 3 rings (SSSR count). The topological polar surface area (TPSA) is 107 Å². The van der Waals surface area contributed by atoms with Gasteiger partial charge in [0, 0.05) is 30.5 Å². The Labute approximate surface area is 132 Å². The molecule has 0 unspecified atom stereocenters. The van der Waals surface area contributed by atoms with Crippen LogP contribution in [0.25, 0.3) is 0 Å². The summed E-state index contributed by atoms with van der Waals surface area (Å²) in [5.41, 5.74) is 0.0999. The zero-order chi connectivity index (χ0) is 16.6. The molecule has 0 bridgehead atoms. The molecule has 0 spiro atoms. The van der Waals surface area contributed by atoms with Crippen molar-refractivity contribution in [1.82, 2.24) is 15.6 Å². The average Bonchev–Trinajstić information content (AvgIpc) is 2.99. The van der Waals surface area contributed by atoms with Crippen molar-refractivity contribution in [2.45, 2.75) is 6.04 Å². The first-order valence-corrected chi connectivity index (χ1v) is 7.26. The summed E-state index contributed by atoms with van der Waals surface area (Å²) < 4.78 is 9.89. The van der Waals surface area contributed by atoms with Crippen LogP contribution < -0.4 is 10.6 Å². The van der Waals surface area contributed by atoms with Crippen LogP contribution in [0.5, 0.6) is 0 Å². The summed E-state index contributed by atoms with van der Waals surface area (Å²) in [4.78, 5) is 39.8. The molecule has 122 valence electrons. The third kappa shape index (κ3) is 2.89. The molecule has 8 heteroatoms. The highest BCUT2D eigenvalue weighted by molar-refractivity contribution is 6.01. The highest BCUT2D eigenvalue weighted by Gasteiger charge is 2.54. The molecule has 0 radical (unpaired) electrons. The van der Waals surface area contributed by atoms with Crippen molar-refractivity contribution in [2.75, 3.05) is 27.4 Å². The lowest BCUT2D eigenvalue weighted by atomic mass is 10.1. The van der Waals surface area contributed by atoms with Gasteiger partial charge in [-0.25, -0.2) is 9.78 Å². The highest BCUT2D eigenvalue weighted by Crippen LogP contribution is 2.44. The van der Waals surface area contributed by atoms with E-state index in [4.69, 9.17) is 4.74 Å². The maximum Gasteiger partial charge on any atom is 0.356 e. The molecule has 23 heavy (non-hydrogen) atoms. The van der Waals surface area contributed by atoms with E-state index in [1.807, 2.05) is 0 Å². The lowest BCUT2D eigenvalue weighted by Gasteiger charge is -2.10. The van der Waals surface area contributed by atoms with Gasteiger partial charge in [-0.05, 0) is 12.1 Å². The normalized spacial score (nSPS) is 24.5. The molecule has 1 aliphatic heterocycles. The SMILES string of the molecule is CNC(=O)c1cc(C(=O)N[C@@H]2[C@@H]3COC[C@@H]32)cc(C(=O)OC)n1. The van der Waals surface area contributed by atoms with E-state index in [1.54, 1.807) is 0 Å². The first-order valence-electron chi connectivity index (χ1n) is 7.26. The number of rotatable bonds is 4. The molecule has 2 N–H and O–H groups in total. The quantitative estimate of drug-likeness (QED) is 0.732. The monoisotopic (exact) mass is 319 g/mol. The number of amides is 2. The van der Waals surface area contributed by atoms with Gasteiger partial charge in [0.25, 0.3) is 11.8 Å². The largest absolute Gasteiger partial charge is 0.464 e. The zero-order valence-corrected chi connectivity index (χ0v) is 12.8. The number of pyridine rings is 1. The minimum absolute atomic E-state index is 0.0140. The van der Waals surface area contributed by atoms with Crippen molar-refractivity contribution < 1.29 is 23.9 Å². The summed E-state index contributed by atoms with van der Waals surface area (Å²) in [5.74, 6) is -0.816. The predicted octanol–water partition coefficient (Wildman–Crippen LogP) is -0.398. The summed E-state index contributed by atoms with van der Waals surface area (Å²) in [6.45, 7) is 1.31.